The van der Waals surface area contributed by atoms with Crippen LogP contribution in [0.25, 0.3) is 5.69 Å². The van der Waals surface area contributed by atoms with Crippen molar-refractivity contribution in [2.75, 3.05) is 5.32 Å². The number of rotatable bonds is 3. The fourth-order valence-corrected chi connectivity index (χ4v) is 2.16. The van der Waals surface area contributed by atoms with Gasteiger partial charge in [0.15, 0.2) is 0 Å². The van der Waals surface area contributed by atoms with Crippen LogP contribution in [0, 0.1) is 13.8 Å². The Morgan fingerprint density at radius 3 is 2.50 bits per heavy atom. The largest absolute Gasteiger partial charge is 0.322 e. The highest BCUT2D eigenvalue weighted by Gasteiger charge is 2.08. The molecule has 3 aromatic rings. The van der Waals surface area contributed by atoms with E-state index >= 15 is 0 Å². The lowest BCUT2D eigenvalue weighted by molar-refractivity contribution is 0.102. The highest BCUT2D eigenvalue weighted by molar-refractivity contribution is 6.04. The minimum Gasteiger partial charge on any atom is -0.322 e. The molecule has 0 aliphatic carbocycles. The molecule has 5 nitrogen and oxygen atoms in total. The molecule has 110 valence electrons. The summed E-state index contributed by atoms with van der Waals surface area (Å²) in [5, 5.41) is 10.5. The third-order valence-corrected chi connectivity index (χ3v) is 3.59. The summed E-state index contributed by atoms with van der Waals surface area (Å²) >= 11 is 0. The third kappa shape index (κ3) is 2.88. The number of anilines is 1. The summed E-state index contributed by atoms with van der Waals surface area (Å²) < 4.78 is 1.76. The van der Waals surface area contributed by atoms with Gasteiger partial charge in [-0.15, -0.1) is 10.2 Å². The molecular formula is C17H16N4O. The van der Waals surface area contributed by atoms with Crippen LogP contribution in [-0.2, 0) is 0 Å². The molecule has 0 spiro atoms. The van der Waals surface area contributed by atoms with Crippen molar-refractivity contribution in [3.8, 4) is 5.69 Å². The molecular weight excluding hydrogens is 276 g/mol. The zero-order valence-corrected chi connectivity index (χ0v) is 12.4. The molecule has 0 fully saturated rings. The summed E-state index contributed by atoms with van der Waals surface area (Å²) in [4.78, 5) is 12.4. The quantitative estimate of drug-likeness (QED) is 0.806. The van der Waals surface area contributed by atoms with Crippen LogP contribution in [-0.4, -0.2) is 20.7 Å². The molecule has 0 radical (unpaired) electrons. The van der Waals surface area contributed by atoms with Gasteiger partial charge < -0.3 is 5.32 Å². The monoisotopic (exact) mass is 292 g/mol. The van der Waals surface area contributed by atoms with Gasteiger partial charge in [0, 0.05) is 16.9 Å². The van der Waals surface area contributed by atoms with Crippen LogP contribution in [0.3, 0.4) is 0 Å². The Labute approximate surface area is 128 Å². The molecule has 0 atom stereocenters. The van der Waals surface area contributed by atoms with E-state index in [1.165, 1.54) is 5.56 Å². The number of hydrogen-bond donors (Lipinski definition) is 1. The standard InChI is InChI=1S/C17H16N4O/c1-12-6-7-15(8-13(12)2)20-17(22)14-4-3-5-16(9-14)21-10-18-19-11-21/h3-11H,1-2H3,(H,20,22). The van der Waals surface area contributed by atoms with Gasteiger partial charge in [-0.2, -0.15) is 0 Å². The van der Waals surface area contributed by atoms with Gasteiger partial charge in [0.1, 0.15) is 12.7 Å². The molecule has 1 aromatic heterocycles. The highest BCUT2D eigenvalue weighted by Crippen LogP contribution is 2.16. The van der Waals surface area contributed by atoms with E-state index < -0.39 is 0 Å². The molecule has 0 saturated carbocycles. The van der Waals surface area contributed by atoms with Crippen molar-refractivity contribution < 1.29 is 4.79 Å². The third-order valence-electron chi connectivity index (χ3n) is 3.59. The van der Waals surface area contributed by atoms with E-state index in [4.69, 9.17) is 0 Å². The van der Waals surface area contributed by atoms with Crippen LogP contribution < -0.4 is 5.32 Å². The van der Waals surface area contributed by atoms with Crippen molar-refractivity contribution in [2.45, 2.75) is 13.8 Å². The van der Waals surface area contributed by atoms with E-state index in [-0.39, 0.29) is 5.91 Å². The van der Waals surface area contributed by atoms with Gasteiger partial charge in [-0.05, 0) is 55.3 Å². The second-order valence-corrected chi connectivity index (χ2v) is 5.17. The van der Waals surface area contributed by atoms with E-state index in [0.29, 0.717) is 5.56 Å². The molecule has 1 N–H and O–H groups in total. The zero-order valence-electron chi connectivity index (χ0n) is 12.4. The Hall–Kier alpha value is -2.95. The summed E-state index contributed by atoms with van der Waals surface area (Å²) in [7, 11) is 0. The lowest BCUT2D eigenvalue weighted by Gasteiger charge is -2.09. The lowest BCUT2D eigenvalue weighted by Crippen LogP contribution is -2.12. The van der Waals surface area contributed by atoms with Crippen molar-refractivity contribution in [3.05, 3.63) is 71.8 Å². The minimum atomic E-state index is -0.141. The number of carbonyl (C=O) groups is 1. The fourth-order valence-electron chi connectivity index (χ4n) is 2.16. The molecule has 3 rings (SSSR count). The maximum Gasteiger partial charge on any atom is 0.255 e. The first kappa shape index (κ1) is 14.0. The van der Waals surface area contributed by atoms with Crippen LogP contribution in [0.1, 0.15) is 21.5 Å². The van der Waals surface area contributed by atoms with E-state index in [1.54, 1.807) is 29.4 Å². The predicted octanol–water partition coefficient (Wildman–Crippen LogP) is 3.14. The fraction of sp³-hybridized carbons (Fsp3) is 0.118. The number of aryl methyl sites for hydroxylation is 2. The number of carbonyl (C=O) groups excluding carboxylic acids is 1. The Kier molecular flexibility index (Phi) is 3.70. The van der Waals surface area contributed by atoms with Crippen molar-refractivity contribution in [2.24, 2.45) is 0 Å². The Morgan fingerprint density at radius 2 is 1.77 bits per heavy atom. The summed E-state index contributed by atoms with van der Waals surface area (Å²) in [5.41, 5.74) is 4.58. The Morgan fingerprint density at radius 1 is 1.00 bits per heavy atom. The molecule has 0 unspecified atom stereocenters. The van der Waals surface area contributed by atoms with Gasteiger partial charge in [0.05, 0.1) is 0 Å². The number of hydrogen-bond acceptors (Lipinski definition) is 3. The summed E-state index contributed by atoms with van der Waals surface area (Å²) in [5.74, 6) is -0.141. The topological polar surface area (TPSA) is 59.8 Å². The van der Waals surface area contributed by atoms with Crippen LogP contribution in [0.5, 0.6) is 0 Å². The van der Waals surface area contributed by atoms with Gasteiger partial charge in [-0.1, -0.05) is 12.1 Å². The van der Waals surface area contributed by atoms with Gasteiger partial charge in [-0.3, -0.25) is 9.36 Å². The van der Waals surface area contributed by atoms with Crippen LogP contribution in [0.4, 0.5) is 5.69 Å². The van der Waals surface area contributed by atoms with E-state index in [1.807, 2.05) is 44.2 Å². The van der Waals surface area contributed by atoms with E-state index in [2.05, 4.69) is 15.5 Å². The minimum absolute atomic E-state index is 0.141. The van der Waals surface area contributed by atoms with Gasteiger partial charge >= 0.3 is 0 Å². The van der Waals surface area contributed by atoms with Gasteiger partial charge in [-0.25, -0.2) is 0 Å². The second kappa shape index (κ2) is 5.81. The molecule has 0 saturated heterocycles. The summed E-state index contributed by atoms with van der Waals surface area (Å²) in [6.07, 6.45) is 3.20. The lowest BCUT2D eigenvalue weighted by atomic mass is 10.1. The molecule has 2 aromatic carbocycles. The van der Waals surface area contributed by atoms with Crippen molar-refractivity contribution in [1.29, 1.82) is 0 Å². The normalized spacial score (nSPS) is 10.5. The number of nitrogens with one attached hydrogen (secondary N) is 1. The maximum absolute atomic E-state index is 12.4. The van der Waals surface area contributed by atoms with E-state index in [9.17, 15) is 4.79 Å². The molecule has 0 bridgehead atoms. The molecule has 0 aliphatic rings. The van der Waals surface area contributed by atoms with Crippen LogP contribution in [0.2, 0.25) is 0 Å². The second-order valence-electron chi connectivity index (χ2n) is 5.17. The Bertz CT molecular complexity index is 809. The van der Waals surface area contributed by atoms with Crippen LogP contribution in [0.15, 0.2) is 55.1 Å². The smallest absolute Gasteiger partial charge is 0.255 e. The number of amides is 1. The number of nitrogens with zero attached hydrogens (tertiary/aromatic N) is 3. The zero-order chi connectivity index (χ0) is 15.5. The SMILES string of the molecule is Cc1ccc(NC(=O)c2cccc(-n3cnnc3)c2)cc1C. The van der Waals surface area contributed by atoms with Crippen molar-refractivity contribution in [3.63, 3.8) is 0 Å². The first-order valence-corrected chi connectivity index (χ1v) is 6.97. The molecule has 1 heterocycles. The van der Waals surface area contributed by atoms with Gasteiger partial charge in [0.25, 0.3) is 5.91 Å². The molecule has 0 aliphatic heterocycles. The van der Waals surface area contributed by atoms with Gasteiger partial charge in [0.2, 0.25) is 0 Å². The number of benzene rings is 2. The number of aromatic nitrogens is 3. The molecule has 22 heavy (non-hydrogen) atoms. The summed E-state index contributed by atoms with van der Waals surface area (Å²) in [6, 6.07) is 13.2. The van der Waals surface area contributed by atoms with Crippen molar-refractivity contribution >= 4 is 11.6 Å². The van der Waals surface area contributed by atoms with E-state index in [0.717, 1.165) is 16.9 Å². The first-order valence-electron chi connectivity index (χ1n) is 6.97. The highest BCUT2D eigenvalue weighted by atomic mass is 16.1. The average Bonchev–Trinajstić information content (AvgIpc) is 3.05. The van der Waals surface area contributed by atoms with Crippen molar-refractivity contribution in [1.82, 2.24) is 14.8 Å². The predicted molar refractivity (Wildman–Crippen MR) is 85.2 cm³/mol. The van der Waals surface area contributed by atoms with Crippen LogP contribution >= 0.6 is 0 Å². The molecule has 1 amide bonds. The maximum atomic E-state index is 12.4. The Balaban J connectivity index is 1.83. The summed E-state index contributed by atoms with van der Waals surface area (Å²) in [6.45, 7) is 4.07. The average molecular weight is 292 g/mol. The molecule has 5 heteroatoms. The first-order chi connectivity index (χ1) is 10.6.